The lowest BCUT2D eigenvalue weighted by atomic mass is 9.88. The predicted molar refractivity (Wildman–Crippen MR) is 140 cm³/mol. The van der Waals surface area contributed by atoms with Crippen LogP contribution in [0.1, 0.15) is 49.0 Å². The Morgan fingerprint density at radius 1 is 0.846 bits per heavy atom. The summed E-state index contributed by atoms with van der Waals surface area (Å²) in [5.41, 5.74) is 2.74. The van der Waals surface area contributed by atoms with Crippen molar-refractivity contribution in [3.63, 3.8) is 0 Å². The van der Waals surface area contributed by atoms with Crippen molar-refractivity contribution < 1.29 is 42.7 Å². The molecule has 9 nitrogen and oxygen atoms in total. The third-order valence-electron chi connectivity index (χ3n) is 7.91. The lowest BCUT2D eigenvalue weighted by molar-refractivity contribution is -0.146. The van der Waals surface area contributed by atoms with Crippen molar-refractivity contribution in [1.29, 1.82) is 0 Å². The van der Waals surface area contributed by atoms with E-state index < -0.39 is 11.8 Å². The predicted octanol–water partition coefficient (Wildman–Crippen LogP) is 5.37. The molecule has 0 radical (unpaired) electrons. The number of hydrogen-bond donors (Lipinski definition) is 0. The molecule has 3 heterocycles. The second-order valence-electron chi connectivity index (χ2n) is 10.7. The van der Waals surface area contributed by atoms with Crippen molar-refractivity contribution in [3.8, 4) is 39.9 Å². The van der Waals surface area contributed by atoms with E-state index in [1.54, 1.807) is 14.2 Å². The highest BCUT2D eigenvalue weighted by molar-refractivity contribution is 6.14. The van der Waals surface area contributed by atoms with Gasteiger partial charge < -0.3 is 37.9 Å². The second-order valence-corrected chi connectivity index (χ2v) is 10.7. The molecule has 0 aromatic heterocycles. The van der Waals surface area contributed by atoms with Gasteiger partial charge in [0, 0.05) is 22.9 Å². The largest absolute Gasteiger partial charge is 0.493 e. The third-order valence-corrected chi connectivity index (χ3v) is 7.91. The van der Waals surface area contributed by atoms with Gasteiger partial charge in [-0.15, -0.1) is 0 Å². The zero-order valence-electron chi connectivity index (χ0n) is 22.3. The fourth-order valence-electron chi connectivity index (χ4n) is 6.25. The number of benzene rings is 3. The molecule has 7 rings (SSSR count). The van der Waals surface area contributed by atoms with Crippen molar-refractivity contribution >= 4 is 16.7 Å². The van der Waals surface area contributed by atoms with E-state index in [1.807, 2.05) is 44.2 Å². The lowest BCUT2D eigenvalue weighted by Gasteiger charge is -2.31. The zero-order chi connectivity index (χ0) is 26.9. The molecule has 3 atom stereocenters. The van der Waals surface area contributed by atoms with Gasteiger partial charge in [0.2, 0.25) is 6.79 Å². The molecule has 9 heteroatoms. The lowest BCUT2D eigenvalue weighted by Crippen LogP contribution is -2.36. The Morgan fingerprint density at radius 3 is 2.38 bits per heavy atom. The number of hydrogen-bond acceptors (Lipinski definition) is 9. The first kappa shape index (κ1) is 24.4. The number of cyclic esters (lactones) is 1. The van der Waals surface area contributed by atoms with Crippen LogP contribution in [0.2, 0.25) is 0 Å². The standard InChI is InChI=1S/C30H30O9/c1-30(2)38-21-8-6-16(10-25(21)39-30)37-28-18-12-23(33-4)22(32-3)11-17(18)26(27-19(28)13-34-29(27)31)15-5-7-20-24(9-15)36-14-35-20/h5,7,9,11-12,16,21,25H,6,8,10,13-14H2,1-4H3. The number of fused-ring (bicyclic) bond motifs is 4. The number of esters is 1. The number of carbonyl (C=O) groups is 1. The van der Waals surface area contributed by atoms with E-state index in [4.69, 9.17) is 37.9 Å². The van der Waals surface area contributed by atoms with Crippen LogP contribution in [-0.2, 0) is 20.8 Å². The first-order chi connectivity index (χ1) is 18.8. The van der Waals surface area contributed by atoms with Crippen molar-refractivity contribution in [2.24, 2.45) is 0 Å². The molecule has 1 saturated heterocycles. The summed E-state index contributed by atoms with van der Waals surface area (Å²) >= 11 is 0. The summed E-state index contributed by atoms with van der Waals surface area (Å²) in [4.78, 5) is 13.3. The SMILES string of the molecule is COc1cc2c(OC3CCC4OC(C)(C)OC4C3)c3c(c(-c4ccc5c(c4)OCO5)c2cc1OC)C(=O)OC3. The molecule has 0 N–H and O–H groups in total. The Labute approximate surface area is 225 Å². The summed E-state index contributed by atoms with van der Waals surface area (Å²) in [6, 6.07) is 9.46. The highest BCUT2D eigenvalue weighted by Gasteiger charge is 2.45. The summed E-state index contributed by atoms with van der Waals surface area (Å²) in [7, 11) is 3.19. The second kappa shape index (κ2) is 8.93. The Bertz CT molecular complexity index is 1490. The van der Waals surface area contributed by atoms with Crippen LogP contribution in [-0.4, -0.2) is 51.1 Å². The topological polar surface area (TPSA) is 90.9 Å². The molecule has 0 bridgehead atoms. The molecular weight excluding hydrogens is 504 g/mol. The number of rotatable bonds is 5. The minimum atomic E-state index is -0.603. The monoisotopic (exact) mass is 534 g/mol. The Kier molecular flexibility index (Phi) is 5.57. The quantitative estimate of drug-likeness (QED) is 0.401. The molecule has 3 aliphatic heterocycles. The molecule has 4 aliphatic rings. The van der Waals surface area contributed by atoms with Gasteiger partial charge in [-0.3, -0.25) is 0 Å². The van der Waals surface area contributed by atoms with E-state index >= 15 is 0 Å². The Morgan fingerprint density at radius 2 is 1.59 bits per heavy atom. The fourth-order valence-corrected chi connectivity index (χ4v) is 6.25. The highest BCUT2D eigenvalue weighted by Crippen LogP contribution is 2.50. The first-order valence-electron chi connectivity index (χ1n) is 13.2. The summed E-state index contributed by atoms with van der Waals surface area (Å²) in [5, 5.41) is 1.60. The van der Waals surface area contributed by atoms with Gasteiger partial charge in [0.1, 0.15) is 18.5 Å². The van der Waals surface area contributed by atoms with Gasteiger partial charge in [-0.2, -0.15) is 0 Å². The maximum absolute atomic E-state index is 13.3. The smallest absolute Gasteiger partial charge is 0.339 e. The van der Waals surface area contributed by atoms with Crippen LogP contribution in [0.5, 0.6) is 28.7 Å². The summed E-state index contributed by atoms with van der Waals surface area (Å²) < 4.78 is 47.1. The molecule has 0 spiro atoms. The average Bonchev–Trinajstić information content (AvgIpc) is 3.63. The molecule has 1 saturated carbocycles. The normalized spacial score (nSPS) is 24.3. The molecule has 39 heavy (non-hydrogen) atoms. The van der Waals surface area contributed by atoms with E-state index in [2.05, 4.69) is 0 Å². The number of methoxy groups -OCH3 is 2. The van der Waals surface area contributed by atoms with Crippen LogP contribution >= 0.6 is 0 Å². The van der Waals surface area contributed by atoms with Gasteiger partial charge in [0.05, 0.1) is 32.0 Å². The van der Waals surface area contributed by atoms with Crippen LogP contribution in [0.3, 0.4) is 0 Å². The molecular formula is C30H30O9. The minimum absolute atomic E-state index is 0.0431. The van der Waals surface area contributed by atoms with Gasteiger partial charge >= 0.3 is 5.97 Å². The molecule has 1 aliphatic carbocycles. The van der Waals surface area contributed by atoms with Crippen LogP contribution < -0.4 is 23.7 Å². The highest BCUT2D eigenvalue weighted by atomic mass is 16.8. The van der Waals surface area contributed by atoms with Crippen molar-refractivity contribution in [3.05, 3.63) is 41.5 Å². The van der Waals surface area contributed by atoms with Gasteiger partial charge in [-0.25, -0.2) is 4.79 Å². The maximum atomic E-state index is 13.3. The van der Waals surface area contributed by atoms with Gasteiger partial charge in [0.25, 0.3) is 0 Å². The first-order valence-corrected chi connectivity index (χ1v) is 13.2. The van der Waals surface area contributed by atoms with Crippen LogP contribution in [0.4, 0.5) is 0 Å². The van der Waals surface area contributed by atoms with Crippen LogP contribution in [0.25, 0.3) is 21.9 Å². The van der Waals surface area contributed by atoms with Gasteiger partial charge in [-0.1, -0.05) is 6.07 Å². The van der Waals surface area contributed by atoms with E-state index in [0.717, 1.165) is 40.3 Å². The van der Waals surface area contributed by atoms with Crippen LogP contribution in [0.15, 0.2) is 30.3 Å². The molecule has 3 unspecified atom stereocenters. The zero-order valence-corrected chi connectivity index (χ0v) is 22.3. The summed E-state index contributed by atoms with van der Waals surface area (Å²) in [6.45, 7) is 4.17. The third kappa shape index (κ3) is 3.94. The Hall–Kier alpha value is -3.69. The van der Waals surface area contributed by atoms with E-state index in [0.29, 0.717) is 40.7 Å². The average molecular weight is 535 g/mol. The van der Waals surface area contributed by atoms with E-state index in [-0.39, 0.29) is 31.7 Å². The van der Waals surface area contributed by atoms with E-state index in [1.165, 1.54) is 0 Å². The molecule has 3 aromatic rings. The molecule has 2 fully saturated rings. The molecule has 0 amide bonds. The summed E-state index contributed by atoms with van der Waals surface area (Å²) in [5.74, 6) is 2.03. The Balaban J connectivity index is 1.40. The van der Waals surface area contributed by atoms with E-state index in [9.17, 15) is 4.79 Å². The number of carbonyl (C=O) groups excluding carboxylic acids is 1. The molecule has 3 aromatic carbocycles. The van der Waals surface area contributed by atoms with Crippen molar-refractivity contribution in [2.75, 3.05) is 21.0 Å². The van der Waals surface area contributed by atoms with Crippen LogP contribution in [0, 0.1) is 0 Å². The minimum Gasteiger partial charge on any atom is -0.493 e. The fraction of sp³-hybridized carbons (Fsp3) is 0.433. The maximum Gasteiger partial charge on any atom is 0.339 e. The molecule has 204 valence electrons. The number of ether oxygens (including phenoxy) is 8. The van der Waals surface area contributed by atoms with Gasteiger partial charge in [-0.05, 0) is 61.9 Å². The van der Waals surface area contributed by atoms with Crippen molar-refractivity contribution in [2.45, 2.75) is 63.8 Å². The summed E-state index contributed by atoms with van der Waals surface area (Å²) in [6.07, 6.45) is 2.24. The van der Waals surface area contributed by atoms with Crippen molar-refractivity contribution in [1.82, 2.24) is 0 Å². The van der Waals surface area contributed by atoms with Gasteiger partial charge in [0.15, 0.2) is 28.8 Å².